The number of amides is 1. The van der Waals surface area contributed by atoms with E-state index in [1.165, 1.54) is 25.7 Å². The van der Waals surface area contributed by atoms with Crippen LogP contribution in [-0.2, 0) is 11.2 Å². The minimum Gasteiger partial charge on any atom is -0.486 e. The van der Waals surface area contributed by atoms with E-state index >= 15 is 0 Å². The van der Waals surface area contributed by atoms with Crippen molar-refractivity contribution in [3.8, 4) is 11.5 Å². The van der Waals surface area contributed by atoms with Crippen molar-refractivity contribution in [3.05, 3.63) is 23.8 Å². The van der Waals surface area contributed by atoms with Crippen molar-refractivity contribution >= 4 is 5.91 Å². The van der Waals surface area contributed by atoms with Crippen LogP contribution in [0.3, 0.4) is 0 Å². The van der Waals surface area contributed by atoms with Gasteiger partial charge in [0.15, 0.2) is 11.5 Å². The zero-order valence-corrected chi connectivity index (χ0v) is 14.1. The molecule has 2 N–H and O–H groups in total. The molecular formula is C19H26N2O3. The van der Waals surface area contributed by atoms with Gasteiger partial charge in [-0.25, -0.2) is 0 Å². The predicted octanol–water partition coefficient (Wildman–Crippen LogP) is 2.04. The van der Waals surface area contributed by atoms with Crippen LogP contribution >= 0.6 is 0 Å². The van der Waals surface area contributed by atoms with E-state index in [9.17, 15) is 4.79 Å². The third-order valence-corrected chi connectivity index (χ3v) is 5.50. The van der Waals surface area contributed by atoms with Gasteiger partial charge in [0, 0.05) is 12.6 Å². The van der Waals surface area contributed by atoms with E-state index in [1.807, 2.05) is 18.2 Å². The second-order valence-corrected chi connectivity index (χ2v) is 7.13. The Morgan fingerprint density at radius 3 is 2.88 bits per heavy atom. The van der Waals surface area contributed by atoms with Gasteiger partial charge < -0.3 is 20.1 Å². The average Bonchev–Trinajstić information content (AvgIpc) is 3.06. The third-order valence-electron chi connectivity index (χ3n) is 5.50. The van der Waals surface area contributed by atoms with E-state index in [4.69, 9.17) is 9.47 Å². The first-order chi connectivity index (χ1) is 11.8. The highest BCUT2D eigenvalue weighted by Crippen LogP contribution is 2.33. The number of hydrogen-bond donors (Lipinski definition) is 2. The Hall–Kier alpha value is -1.75. The molecule has 0 bridgehead atoms. The Bertz CT molecular complexity index is 590. The molecule has 1 saturated carbocycles. The molecule has 2 fully saturated rings. The maximum atomic E-state index is 12.4. The number of hydrogen-bond acceptors (Lipinski definition) is 4. The number of carbonyl (C=O) groups is 1. The van der Waals surface area contributed by atoms with Gasteiger partial charge in [-0.15, -0.1) is 0 Å². The zero-order chi connectivity index (χ0) is 16.4. The summed E-state index contributed by atoms with van der Waals surface area (Å²) in [7, 11) is 0. The fourth-order valence-corrected chi connectivity index (χ4v) is 4.22. The summed E-state index contributed by atoms with van der Waals surface area (Å²) in [6.45, 7) is 1.87. The molecule has 2 aliphatic heterocycles. The van der Waals surface area contributed by atoms with Gasteiger partial charge >= 0.3 is 0 Å². The van der Waals surface area contributed by atoms with Crippen LogP contribution in [0.5, 0.6) is 11.5 Å². The van der Waals surface area contributed by atoms with Gasteiger partial charge in [0.1, 0.15) is 13.2 Å². The molecule has 130 valence electrons. The molecule has 0 spiro atoms. The Morgan fingerprint density at radius 2 is 2.00 bits per heavy atom. The number of rotatable bonds is 4. The van der Waals surface area contributed by atoms with E-state index in [2.05, 4.69) is 10.6 Å². The van der Waals surface area contributed by atoms with E-state index in [1.54, 1.807) is 0 Å². The molecule has 5 heteroatoms. The van der Waals surface area contributed by atoms with E-state index in [-0.39, 0.29) is 11.9 Å². The van der Waals surface area contributed by atoms with Crippen LogP contribution in [0.1, 0.15) is 37.7 Å². The molecule has 3 unspecified atom stereocenters. The fourth-order valence-electron chi connectivity index (χ4n) is 4.22. The number of fused-ring (bicyclic) bond motifs is 2. The lowest BCUT2D eigenvalue weighted by molar-refractivity contribution is -0.122. The molecule has 0 aromatic heterocycles. The summed E-state index contributed by atoms with van der Waals surface area (Å²) < 4.78 is 11.1. The fraction of sp³-hybridized carbons (Fsp3) is 0.632. The minimum absolute atomic E-state index is 0.00151. The molecule has 1 amide bonds. The van der Waals surface area contributed by atoms with Crippen LogP contribution in [0.4, 0.5) is 0 Å². The van der Waals surface area contributed by atoms with Crippen molar-refractivity contribution in [2.45, 2.75) is 50.6 Å². The molecule has 3 aliphatic rings. The second-order valence-electron chi connectivity index (χ2n) is 7.13. The summed E-state index contributed by atoms with van der Waals surface area (Å²) in [5.74, 6) is 2.48. The van der Waals surface area contributed by atoms with Crippen molar-refractivity contribution < 1.29 is 14.3 Å². The first-order valence-corrected chi connectivity index (χ1v) is 9.22. The number of nitrogens with one attached hydrogen (secondary N) is 2. The van der Waals surface area contributed by atoms with Gasteiger partial charge in [0.2, 0.25) is 5.91 Å². The summed E-state index contributed by atoms with van der Waals surface area (Å²) in [6.07, 6.45) is 6.93. The van der Waals surface area contributed by atoms with Crippen molar-refractivity contribution in [3.63, 3.8) is 0 Å². The van der Waals surface area contributed by atoms with Crippen LogP contribution in [0.15, 0.2) is 18.2 Å². The van der Waals surface area contributed by atoms with Crippen molar-refractivity contribution in [2.24, 2.45) is 5.92 Å². The molecule has 1 aromatic rings. The van der Waals surface area contributed by atoms with Gasteiger partial charge in [-0.3, -0.25) is 4.79 Å². The highest BCUT2D eigenvalue weighted by molar-refractivity contribution is 5.82. The average molecular weight is 330 g/mol. The van der Waals surface area contributed by atoms with Gasteiger partial charge in [0.05, 0.1) is 6.04 Å². The largest absolute Gasteiger partial charge is 0.486 e. The Labute approximate surface area is 143 Å². The summed E-state index contributed by atoms with van der Waals surface area (Å²) in [5, 5.41) is 6.62. The highest BCUT2D eigenvalue weighted by Gasteiger charge is 2.37. The molecule has 3 atom stereocenters. The van der Waals surface area contributed by atoms with Gasteiger partial charge in [-0.1, -0.05) is 18.9 Å². The molecular weight excluding hydrogens is 304 g/mol. The molecule has 1 aliphatic carbocycles. The standard InChI is InChI=1S/C19H26N2O3/c22-19(16-12-14-3-1-2-4-15(14)21-16)20-8-7-13-5-6-17-18(11-13)24-10-9-23-17/h5-6,11,14-16,21H,1-4,7-10,12H2,(H,20,22). The van der Waals surface area contributed by atoms with Crippen LogP contribution in [-0.4, -0.2) is 37.7 Å². The quantitative estimate of drug-likeness (QED) is 0.887. The van der Waals surface area contributed by atoms with E-state index in [0.29, 0.717) is 31.7 Å². The van der Waals surface area contributed by atoms with Crippen LogP contribution in [0, 0.1) is 5.92 Å². The lowest BCUT2D eigenvalue weighted by atomic mass is 9.85. The normalized spacial score (nSPS) is 28.2. The smallest absolute Gasteiger partial charge is 0.237 e. The maximum absolute atomic E-state index is 12.4. The Kier molecular flexibility index (Phi) is 4.60. The van der Waals surface area contributed by atoms with E-state index < -0.39 is 0 Å². The number of carbonyl (C=O) groups excluding carboxylic acids is 1. The molecule has 5 nitrogen and oxygen atoms in total. The van der Waals surface area contributed by atoms with Gasteiger partial charge in [-0.05, 0) is 49.3 Å². The monoisotopic (exact) mass is 330 g/mol. The SMILES string of the molecule is O=C(NCCc1ccc2c(c1)OCCO2)C1CC2CCCCC2N1. The summed E-state index contributed by atoms with van der Waals surface area (Å²) in [6, 6.07) is 6.57. The number of benzene rings is 1. The molecule has 24 heavy (non-hydrogen) atoms. The minimum atomic E-state index is -0.00151. The van der Waals surface area contributed by atoms with Crippen LogP contribution < -0.4 is 20.1 Å². The zero-order valence-electron chi connectivity index (χ0n) is 14.1. The first kappa shape index (κ1) is 15.8. The predicted molar refractivity (Wildman–Crippen MR) is 91.4 cm³/mol. The first-order valence-electron chi connectivity index (χ1n) is 9.22. The molecule has 1 aromatic carbocycles. The molecule has 4 rings (SSSR count). The lowest BCUT2D eigenvalue weighted by Gasteiger charge is -2.24. The van der Waals surface area contributed by atoms with Gasteiger partial charge in [-0.2, -0.15) is 0 Å². The number of ether oxygens (including phenoxy) is 2. The molecule has 2 heterocycles. The van der Waals surface area contributed by atoms with Gasteiger partial charge in [0.25, 0.3) is 0 Å². The second kappa shape index (κ2) is 7.01. The van der Waals surface area contributed by atoms with E-state index in [0.717, 1.165) is 29.9 Å². The maximum Gasteiger partial charge on any atom is 0.237 e. The molecule has 0 radical (unpaired) electrons. The molecule has 1 saturated heterocycles. The Morgan fingerprint density at radius 1 is 1.17 bits per heavy atom. The Balaban J connectivity index is 1.26. The van der Waals surface area contributed by atoms with Crippen molar-refractivity contribution in [2.75, 3.05) is 19.8 Å². The van der Waals surface area contributed by atoms with Crippen LogP contribution in [0.2, 0.25) is 0 Å². The topological polar surface area (TPSA) is 59.6 Å². The van der Waals surface area contributed by atoms with Crippen molar-refractivity contribution in [1.82, 2.24) is 10.6 Å². The highest BCUT2D eigenvalue weighted by atomic mass is 16.6. The van der Waals surface area contributed by atoms with Crippen LogP contribution in [0.25, 0.3) is 0 Å². The summed E-state index contributed by atoms with van der Waals surface area (Å²) in [4.78, 5) is 12.4. The summed E-state index contributed by atoms with van der Waals surface area (Å²) in [5.41, 5.74) is 1.16. The summed E-state index contributed by atoms with van der Waals surface area (Å²) >= 11 is 0. The third kappa shape index (κ3) is 3.36. The lowest BCUT2D eigenvalue weighted by Crippen LogP contribution is -2.43. The van der Waals surface area contributed by atoms with Crippen molar-refractivity contribution in [1.29, 1.82) is 0 Å².